The number of benzene rings is 3. The maximum atomic E-state index is 13.1. The van der Waals surface area contributed by atoms with E-state index in [-0.39, 0.29) is 59.0 Å². The van der Waals surface area contributed by atoms with E-state index < -0.39 is 16.8 Å². The van der Waals surface area contributed by atoms with Gasteiger partial charge in [0.15, 0.2) is 0 Å². The number of fused-ring (bicyclic) bond motifs is 15. The number of aliphatic hydroxyl groups is 3. The van der Waals surface area contributed by atoms with E-state index in [0.29, 0.717) is 16.7 Å². The molecule has 0 aromatic heterocycles. The Balaban J connectivity index is 0.000000178. The van der Waals surface area contributed by atoms with Gasteiger partial charge in [0.25, 0.3) is 5.91 Å². The molecule has 13 heteroatoms. The van der Waals surface area contributed by atoms with Crippen molar-refractivity contribution in [2.75, 3.05) is 16.0 Å². The molecule has 12 aliphatic carbocycles. The summed E-state index contributed by atoms with van der Waals surface area (Å²) in [6, 6.07) is 29.7. The Kier molecular flexibility index (Phi) is 36.7. The number of para-hydroxylation sites is 3. The Labute approximate surface area is 753 Å². The number of carbonyl (C=O) groups excluding carboxylic acids is 3. The van der Waals surface area contributed by atoms with E-state index in [9.17, 15) is 29.7 Å². The van der Waals surface area contributed by atoms with Gasteiger partial charge in [-0.15, -0.1) is 74.5 Å². The SMILES string of the molecule is C.C.C#CC#CC#CB(I)C#CC#CC.CC#CC#CB(I)C#CC#CC.C[C@@]1(O)CC[C@H]2[C@H](CC[C@@H]3[C@@H]2CC[C@]2(C)C=C(C(=O)Nc4ccccc4)CCC[C@@H]32)C1.C[C@@]1(O)CC[C@H]2[C@H](CC[C@@H]3[C@@H]2CC[C@]2(C)C[C@@H](C(=O)Nc4ccccc4)CCC[C@@H]32)C1.C[C@@]1(O)CC[C@H]2[C@H](CC[C@@H]3[C@@H]2CC[C@]2(C)C[C@H](C(=O)Nc4ccccc4)CCC[C@@H]32)C1. The quantitative estimate of drug-likeness (QED) is 0.0823. The monoisotopic (exact) mass is 1840 g/mol. The van der Waals surface area contributed by atoms with Crippen molar-refractivity contribution in [2.45, 2.75) is 299 Å². The number of hydrogen-bond acceptors (Lipinski definition) is 6. The van der Waals surface area contributed by atoms with Gasteiger partial charge in [0.1, 0.15) is 0 Å². The summed E-state index contributed by atoms with van der Waals surface area (Å²) in [5, 5.41) is 41.4. The minimum absolute atomic E-state index is 0. The zero-order chi connectivity index (χ0) is 84.1. The number of anilines is 3. The first-order chi connectivity index (χ1) is 56.7. The lowest BCUT2D eigenvalue weighted by molar-refractivity contribution is -0.124. The predicted octanol–water partition coefficient (Wildman–Crippen LogP) is 23.2. The summed E-state index contributed by atoms with van der Waals surface area (Å²) in [4.78, 5) is 39.3. The summed E-state index contributed by atoms with van der Waals surface area (Å²) in [7, 11) is 0. The first-order valence-corrected chi connectivity index (χ1v) is 47.6. The summed E-state index contributed by atoms with van der Waals surface area (Å²) >= 11 is 4.24. The lowest BCUT2D eigenvalue weighted by atomic mass is 9.48. The van der Waals surface area contributed by atoms with Gasteiger partial charge >= 0.3 is 9.14 Å². The highest BCUT2D eigenvalue weighted by Crippen LogP contribution is 2.65. The fraction of sp³-hybridized carbons (Fsp3) is 0.617. The molecule has 0 unspecified atom stereocenters. The van der Waals surface area contributed by atoms with Crippen LogP contribution >= 0.6 is 44.7 Å². The van der Waals surface area contributed by atoms with Crippen LogP contribution < -0.4 is 16.0 Å². The molecule has 11 fully saturated rings. The van der Waals surface area contributed by atoms with Gasteiger partial charge in [0.2, 0.25) is 11.8 Å². The van der Waals surface area contributed by atoms with Crippen LogP contribution in [0.15, 0.2) is 103 Å². The van der Waals surface area contributed by atoms with Crippen LogP contribution in [0.2, 0.25) is 0 Å². The highest BCUT2D eigenvalue weighted by atomic mass is 127. The van der Waals surface area contributed by atoms with Crippen LogP contribution in [-0.4, -0.2) is 59.0 Å². The molecule has 0 aliphatic heterocycles. The van der Waals surface area contributed by atoms with Crippen molar-refractivity contribution in [3.63, 3.8) is 0 Å². The van der Waals surface area contributed by atoms with E-state index in [1.165, 1.54) is 128 Å². The largest absolute Gasteiger partial charge is 0.390 e. The van der Waals surface area contributed by atoms with E-state index in [1.807, 2.05) is 97.9 Å². The molecule has 9 nitrogen and oxygen atoms in total. The summed E-state index contributed by atoms with van der Waals surface area (Å²) in [6.45, 7) is 18.9. The molecule has 120 heavy (non-hydrogen) atoms. The van der Waals surface area contributed by atoms with E-state index in [4.69, 9.17) is 6.42 Å². The van der Waals surface area contributed by atoms with Crippen LogP contribution in [0.4, 0.5) is 17.1 Å². The highest BCUT2D eigenvalue weighted by molar-refractivity contribution is 14.1. The number of allylic oxidation sites excluding steroid dienone is 1. The van der Waals surface area contributed by atoms with Crippen molar-refractivity contribution < 1.29 is 29.7 Å². The second-order valence-corrected chi connectivity index (χ2v) is 41.5. The second kappa shape index (κ2) is 45.3. The topological polar surface area (TPSA) is 148 Å². The third-order valence-corrected chi connectivity index (χ3v) is 32.2. The fourth-order valence-electron chi connectivity index (χ4n) is 25.8. The molecule has 6 N–H and O–H groups in total. The molecule has 23 atom stereocenters. The Morgan fingerprint density at radius 3 is 1.10 bits per heavy atom. The van der Waals surface area contributed by atoms with E-state index in [0.717, 1.165) is 183 Å². The molecule has 0 saturated heterocycles. The van der Waals surface area contributed by atoms with E-state index in [2.05, 4.69) is 202 Å². The number of hydrogen-bond donors (Lipinski definition) is 6. The molecule has 12 aliphatic rings. The molecule has 3 amide bonds. The summed E-state index contributed by atoms with van der Waals surface area (Å²) in [5.41, 5.74) is 3.19. The van der Waals surface area contributed by atoms with Gasteiger partial charge in [0, 0.05) is 34.5 Å². The lowest BCUT2D eigenvalue weighted by Gasteiger charge is -2.57. The molecule has 3 aromatic rings. The third-order valence-electron chi connectivity index (χ3n) is 30.9. The Hall–Kier alpha value is -6.68. The second-order valence-electron chi connectivity index (χ2n) is 39.0. The standard InChI is InChI=1S/2C28H41NO2.C28H39NO2.C11H4BI.C10H6BI.2CH4/c3*1-27-15-13-23-22-14-16-28(2,31)18-19(22)11-12-24(23)25(27)10-6-7-20(17-27)26(30)29-21-8-4-3-5-9-21;1-3-5-7-9-11-12(13)10-8-6-4-2;1-3-5-7-9-11(12)10-8-6-4-2;;/h2*3-5,8-9,19-20,22-25,31H,6-7,10-18H2,1-2H3,(H,29,30);3-5,8-9,17,19,22-25,31H,6-7,10-16,18H2,1-2H3,(H,29,30);1H,2H3;1-2H3;2*1H4/t19-,20+,22+,23-,24-,25+,27-,28-;19-,20-,22+,23-,24-,25+,27-,28-;19-,22+,23-,24-,25+,27-,28-;;;;/m111..../s1. The average Bonchev–Trinajstić information content (AvgIpc) is 1.18. The number of nitrogens with one attached hydrogen (secondary N) is 3. The van der Waals surface area contributed by atoms with Crippen LogP contribution in [0.1, 0.15) is 283 Å². The summed E-state index contributed by atoms with van der Waals surface area (Å²) in [5.74, 6) is 57.9. The maximum Gasteiger partial charge on any atom is 0.384 e. The van der Waals surface area contributed by atoms with Gasteiger partial charge in [-0.2, -0.15) is 0 Å². The lowest BCUT2D eigenvalue weighted by Crippen LogP contribution is -2.50. The number of halogens is 2. The predicted molar refractivity (Wildman–Crippen MR) is 518 cm³/mol. The zero-order valence-corrected chi connectivity index (χ0v) is 76.5. The molecule has 15 rings (SSSR count). The maximum absolute atomic E-state index is 13.1. The molecule has 11 saturated carbocycles. The minimum atomic E-state index is -0.441. The van der Waals surface area contributed by atoms with Gasteiger partial charge in [-0.05, 0) is 435 Å². The molecule has 0 bridgehead atoms. The fourth-order valence-corrected chi connectivity index (χ4v) is 26.5. The van der Waals surface area contributed by atoms with Gasteiger partial charge in [-0.25, -0.2) is 0 Å². The summed E-state index contributed by atoms with van der Waals surface area (Å²) in [6.07, 6.45) is 45.1. The molecule has 638 valence electrons. The Morgan fingerprint density at radius 2 is 0.725 bits per heavy atom. The number of rotatable bonds is 6. The normalized spacial score (nSPS) is 35.1. The van der Waals surface area contributed by atoms with Crippen LogP contribution in [0.5, 0.6) is 0 Å². The smallest absolute Gasteiger partial charge is 0.384 e. The first-order valence-electron chi connectivity index (χ1n) is 45.1. The molecule has 0 spiro atoms. The van der Waals surface area contributed by atoms with Crippen molar-refractivity contribution in [3.05, 3.63) is 103 Å². The molecule has 0 radical (unpaired) electrons. The van der Waals surface area contributed by atoms with Gasteiger partial charge in [-0.3, -0.25) is 14.4 Å². The van der Waals surface area contributed by atoms with Gasteiger partial charge in [0.05, 0.1) is 16.8 Å². The first kappa shape index (κ1) is 97.1. The molecule has 0 heterocycles. The minimum Gasteiger partial charge on any atom is -0.390 e. The van der Waals surface area contributed by atoms with Crippen molar-refractivity contribution in [3.8, 4) is 107 Å². The van der Waals surface area contributed by atoms with Crippen LogP contribution in [-0.2, 0) is 14.4 Å². The van der Waals surface area contributed by atoms with E-state index >= 15 is 0 Å². The van der Waals surface area contributed by atoms with Gasteiger partial charge < -0.3 is 31.3 Å². The van der Waals surface area contributed by atoms with Crippen molar-refractivity contribution in [1.82, 2.24) is 0 Å². The number of terminal acetylenes is 1. The zero-order valence-electron chi connectivity index (χ0n) is 72.2. The number of amides is 3. The van der Waals surface area contributed by atoms with Gasteiger partial charge in [-0.1, -0.05) is 127 Å². The third kappa shape index (κ3) is 26.2. The van der Waals surface area contributed by atoms with Crippen molar-refractivity contribution in [2.24, 2.45) is 117 Å². The summed E-state index contributed by atoms with van der Waals surface area (Å²) < 4.78 is -0.0326. The molecular formula is C107H139B2I2N3O6. The van der Waals surface area contributed by atoms with Crippen LogP contribution in [0.25, 0.3) is 0 Å². The van der Waals surface area contributed by atoms with Crippen LogP contribution in [0, 0.1) is 224 Å². The average molecular weight is 1840 g/mol. The van der Waals surface area contributed by atoms with Crippen LogP contribution in [0.3, 0.4) is 0 Å². The molecule has 3 aromatic carbocycles. The Morgan fingerprint density at radius 1 is 0.383 bits per heavy atom. The molecular weight excluding hydrogens is 1700 g/mol. The Bertz CT molecular complexity index is 4380. The number of carbonyl (C=O) groups is 3. The van der Waals surface area contributed by atoms with Crippen molar-refractivity contribution >= 4 is 88.7 Å². The van der Waals surface area contributed by atoms with Crippen molar-refractivity contribution in [1.29, 1.82) is 0 Å². The highest BCUT2D eigenvalue weighted by Gasteiger charge is 2.58. The van der Waals surface area contributed by atoms with E-state index in [1.54, 1.807) is 20.8 Å².